The smallest absolute Gasteiger partial charge is 0.253 e. The van der Waals surface area contributed by atoms with Crippen molar-refractivity contribution in [3.63, 3.8) is 0 Å². The summed E-state index contributed by atoms with van der Waals surface area (Å²) in [5.41, 5.74) is 5.20. The van der Waals surface area contributed by atoms with Gasteiger partial charge in [0.05, 0.1) is 6.26 Å². The van der Waals surface area contributed by atoms with Crippen LogP contribution in [0.15, 0.2) is 89.9 Å². The number of carbonyl (C=O) groups excluding carboxylic acids is 2. The molecule has 0 spiro atoms. The number of imidazole rings is 1. The summed E-state index contributed by atoms with van der Waals surface area (Å²) in [5, 5.41) is 3.93. The zero-order valence-corrected chi connectivity index (χ0v) is 19.8. The number of furan rings is 1. The monoisotopic (exact) mass is 478 g/mol. The maximum Gasteiger partial charge on any atom is 0.253 e. The number of piperidine rings is 1. The van der Waals surface area contributed by atoms with Crippen LogP contribution in [0.2, 0.25) is 0 Å². The van der Waals surface area contributed by atoms with Gasteiger partial charge in [-0.25, -0.2) is 4.98 Å². The maximum atomic E-state index is 13.0. The van der Waals surface area contributed by atoms with Gasteiger partial charge in [-0.3, -0.25) is 9.59 Å². The number of nitrogens with one attached hydrogen (secondary N) is 1. The minimum Gasteiger partial charge on any atom is -0.464 e. The molecule has 6 rings (SSSR count). The zero-order valence-electron chi connectivity index (χ0n) is 19.8. The van der Waals surface area contributed by atoms with E-state index in [0.717, 1.165) is 48.1 Å². The van der Waals surface area contributed by atoms with Crippen LogP contribution in [0.3, 0.4) is 0 Å². The Morgan fingerprint density at radius 2 is 1.75 bits per heavy atom. The molecule has 1 saturated heterocycles. The largest absolute Gasteiger partial charge is 0.464 e. The summed E-state index contributed by atoms with van der Waals surface area (Å²) in [6.45, 7) is 1.88. The molecule has 0 bridgehead atoms. The quantitative estimate of drug-likeness (QED) is 0.384. The van der Waals surface area contributed by atoms with Crippen LogP contribution in [0, 0.1) is 0 Å². The van der Waals surface area contributed by atoms with Crippen LogP contribution < -0.4 is 5.32 Å². The van der Waals surface area contributed by atoms with Crippen LogP contribution >= 0.6 is 0 Å². The average molecular weight is 479 g/mol. The molecule has 0 radical (unpaired) electrons. The van der Waals surface area contributed by atoms with E-state index in [4.69, 9.17) is 4.42 Å². The summed E-state index contributed by atoms with van der Waals surface area (Å²) in [6.07, 6.45) is 9.03. The average Bonchev–Trinajstić information content (AvgIpc) is 3.60. The highest BCUT2D eigenvalue weighted by atomic mass is 16.3. The third-order valence-electron chi connectivity index (χ3n) is 7.04. The molecule has 1 N–H and O–H groups in total. The number of pyridine rings is 1. The Bertz CT molecular complexity index is 1540. The van der Waals surface area contributed by atoms with E-state index in [2.05, 4.69) is 10.3 Å². The first-order valence-electron chi connectivity index (χ1n) is 12.2. The van der Waals surface area contributed by atoms with Crippen molar-refractivity contribution in [2.75, 3.05) is 13.1 Å². The van der Waals surface area contributed by atoms with E-state index in [0.29, 0.717) is 23.6 Å². The molecule has 2 amide bonds. The lowest BCUT2D eigenvalue weighted by Crippen LogP contribution is -2.37. The van der Waals surface area contributed by atoms with Crippen LogP contribution in [0.5, 0.6) is 0 Å². The molecule has 0 saturated carbocycles. The highest BCUT2D eigenvalue weighted by Gasteiger charge is 2.25. The highest BCUT2D eigenvalue weighted by Crippen LogP contribution is 2.29. The molecule has 7 nitrogen and oxygen atoms in total. The van der Waals surface area contributed by atoms with Crippen LogP contribution in [-0.2, 0) is 6.54 Å². The first-order valence-corrected chi connectivity index (χ1v) is 12.2. The third-order valence-corrected chi connectivity index (χ3v) is 7.04. The van der Waals surface area contributed by atoms with Crippen LogP contribution in [0.1, 0.15) is 50.6 Å². The fraction of sp³-hybridized carbons (Fsp3) is 0.207. The van der Waals surface area contributed by atoms with Crippen molar-refractivity contribution < 1.29 is 14.0 Å². The number of likely N-dealkylation sites (tertiary alicyclic amines) is 1. The number of rotatable bonds is 5. The van der Waals surface area contributed by atoms with Gasteiger partial charge in [0.25, 0.3) is 11.8 Å². The van der Waals surface area contributed by atoms with Gasteiger partial charge in [-0.2, -0.15) is 0 Å². The number of amides is 2. The first kappa shape index (κ1) is 22.1. The van der Waals surface area contributed by atoms with Gasteiger partial charge < -0.3 is 19.0 Å². The molecular weight excluding hydrogens is 452 g/mol. The zero-order chi connectivity index (χ0) is 24.5. The van der Waals surface area contributed by atoms with Crippen LogP contribution in [-0.4, -0.2) is 39.2 Å². The van der Waals surface area contributed by atoms with Gasteiger partial charge in [-0.15, -0.1) is 0 Å². The SMILES string of the molecule is O=C(NCc1ccn2ccnc2c1)c1ccc(C2CCN(C(=O)c3ccc4occc4c3)CC2)cc1. The standard InChI is InChI=1S/C29H26N4O3/c34-28(31-19-20-7-12-32-15-11-30-27(32)17-20)23-3-1-21(2-4-23)22-8-13-33(14-9-22)29(35)25-5-6-26-24(18-25)10-16-36-26/h1-7,10-12,15-18,22H,8-9,13-14,19H2,(H,31,34). The molecule has 5 aromatic rings. The first-order chi connectivity index (χ1) is 17.6. The van der Waals surface area contributed by atoms with E-state index >= 15 is 0 Å². The van der Waals surface area contributed by atoms with Crippen molar-refractivity contribution in [3.05, 3.63) is 108 Å². The molecule has 2 aromatic carbocycles. The fourth-order valence-corrected chi connectivity index (χ4v) is 4.95. The predicted octanol–water partition coefficient (Wildman–Crippen LogP) is 5.03. The molecule has 1 aliphatic rings. The van der Waals surface area contributed by atoms with Gasteiger partial charge in [0.15, 0.2) is 0 Å². The van der Waals surface area contributed by atoms with Crippen molar-refractivity contribution in [2.24, 2.45) is 0 Å². The Hall–Kier alpha value is -4.39. The summed E-state index contributed by atoms with van der Waals surface area (Å²) in [6, 6.07) is 19.3. The Balaban J connectivity index is 1.03. The summed E-state index contributed by atoms with van der Waals surface area (Å²) < 4.78 is 7.31. The van der Waals surface area contributed by atoms with E-state index < -0.39 is 0 Å². The lowest BCUT2D eigenvalue weighted by molar-refractivity contribution is 0.0713. The molecular formula is C29H26N4O3. The Morgan fingerprint density at radius 3 is 2.58 bits per heavy atom. The van der Waals surface area contributed by atoms with Crippen molar-refractivity contribution in [2.45, 2.75) is 25.3 Å². The lowest BCUT2D eigenvalue weighted by Gasteiger charge is -2.32. The van der Waals surface area contributed by atoms with Crippen molar-refractivity contribution in [1.29, 1.82) is 0 Å². The number of benzene rings is 2. The molecule has 180 valence electrons. The second-order valence-corrected chi connectivity index (χ2v) is 9.27. The number of hydrogen-bond donors (Lipinski definition) is 1. The van der Waals surface area contributed by atoms with Gasteiger partial charge >= 0.3 is 0 Å². The molecule has 0 unspecified atom stereocenters. The van der Waals surface area contributed by atoms with Crippen molar-refractivity contribution >= 4 is 28.4 Å². The Kier molecular flexibility index (Phi) is 5.73. The number of fused-ring (bicyclic) bond motifs is 2. The Morgan fingerprint density at radius 1 is 0.944 bits per heavy atom. The lowest BCUT2D eigenvalue weighted by atomic mass is 9.88. The maximum absolute atomic E-state index is 13.0. The number of carbonyl (C=O) groups is 2. The van der Waals surface area contributed by atoms with E-state index in [1.807, 2.05) is 82.4 Å². The number of aromatic nitrogens is 2. The van der Waals surface area contributed by atoms with Gasteiger partial charge in [0.1, 0.15) is 11.2 Å². The summed E-state index contributed by atoms with van der Waals surface area (Å²) in [4.78, 5) is 31.9. The number of hydrogen-bond acceptors (Lipinski definition) is 4. The van der Waals surface area contributed by atoms with Crippen molar-refractivity contribution in [3.8, 4) is 0 Å². The molecule has 1 fully saturated rings. The summed E-state index contributed by atoms with van der Waals surface area (Å²) in [7, 11) is 0. The molecule has 4 heterocycles. The third kappa shape index (κ3) is 4.35. The fourth-order valence-electron chi connectivity index (χ4n) is 4.95. The molecule has 7 heteroatoms. The second-order valence-electron chi connectivity index (χ2n) is 9.27. The molecule has 0 atom stereocenters. The normalized spacial score (nSPS) is 14.4. The molecule has 36 heavy (non-hydrogen) atoms. The van der Waals surface area contributed by atoms with Gasteiger partial charge in [0, 0.05) is 54.7 Å². The van der Waals surface area contributed by atoms with Crippen LogP contribution in [0.4, 0.5) is 0 Å². The predicted molar refractivity (Wildman–Crippen MR) is 137 cm³/mol. The topological polar surface area (TPSA) is 79.9 Å². The van der Waals surface area contributed by atoms with Gasteiger partial charge in [0.2, 0.25) is 0 Å². The van der Waals surface area contributed by atoms with E-state index in [9.17, 15) is 9.59 Å². The minimum absolute atomic E-state index is 0.0652. The van der Waals surface area contributed by atoms with Crippen molar-refractivity contribution in [1.82, 2.24) is 19.6 Å². The molecule has 3 aromatic heterocycles. The molecule has 0 aliphatic carbocycles. The Labute approximate surface area is 208 Å². The summed E-state index contributed by atoms with van der Waals surface area (Å²) >= 11 is 0. The highest BCUT2D eigenvalue weighted by molar-refractivity contribution is 5.98. The van der Waals surface area contributed by atoms with E-state index in [1.54, 1.807) is 12.5 Å². The minimum atomic E-state index is -0.0974. The van der Waals surface area contributed by atoms with E-state index in [-0.39, 0.29) is 11.8 Å². The second kappa shape index (κ2) is 9.34. The van der Waals surface area contributed by atoms with Crippen LogP contribution in [0.25, 0.3) is 16.6 Å². The number of nitrogens with zero attached hydrogens (tertiary/aromatic N) is 3. The van der Waals surface area contributed by atoms with E-state index in [1.165, 1.54) is 5.56 Å². The van der Waals surface area contributed by atoms with Gasteiger partial charge in [-0.1, -0.05) is 12.1 Å². The molecule has 1 aliphatic heterocycles. The summed E-state index contributed by atoms with van der Waals surface area (Å²) in [5.74, 6) is 0.346. The van der Waals surface area contributed by atoms with Gasteiger partial charge in [-0.05, 0) is 78.4 Å².